The van der Waals surface area contributed by atoms with E-state index in [-0.39, 0.29) is 0 Å². The fourth-order valence-corrected chi connectivity index (χ4v) is 3.45. The maximum atomic E-state index is 4.94. The van der Waals surface area contributed by atoms with E-state index in [9.17, 15) is 0 Å². The molecule has 3 aromatic rings. The molecule has 2 aromatic carbocycles. The van der Waals surface area contributed by atoms with Gasteiger partial charge < -0.3 is 4.57 Å². The molecule has 0 saturated heterocycles. The molecule has 0 spiro atoms. The van der Waals surface area contributed by atoms with Gasteiger partial charge in [0.15, 0.2) is 0 Å². The van der Waals surface area contributed by atoms with Crippen LogP contribution in [0.15, 0.2) is 48.5 Å². The number of benzene rings is 2. The van der Waals surface area contributed by atoms with Gasteiger partial charge in [-0.3, -0.25) is 0 Å². The number of rotatable bonds is 6. The molecule has 0 bridgehead atoms. The van der Waals surface area contributed by atoms with Crippen LogP contribution in [-0.4, -0.2) is 9.55 Å². The first-order valence-corrected chi connectivity index (χ1v) is 9.14. The lowest BCUT2D eigenvalue weighted by molar-refractivity contribution is 0.634. The van der Waals surface area contributed by atoms with E-state index in [0.29, 0.717) is 11.8 Å². The summed E-state index contributed by atoms with van der Waals surface area (Å²) in [4.78, 5) is 4.94. The molecule has 0 radical (unpaired) electrons. The van der Waals surface area contributed by atoms with Gasteiger partial charge in [0.25, 0.3) is 0 Å². The first-order valence-electron chi connectivity index (χ1n) is 9.14. The molecule has 2 nitrogen and oxygen atoms in total. The lowest BCUT2D eigenvalue weighted by Gasteiger charge is -2.15. The Kier molecular flexibility index (Phi) is 5.03. The second-order valence-electron chi connectivity index (χ2n) is 7.17. The molecule has 0 amide bonds. The zero-order valence-electron chi connectivity index (χ0n) is 15.3. The second kappa shape index (κ2) is 7.21. The summed E-state index contributed by atoms with van der Waals surface area (Å²) in [5.74, 6) is 2.17. The minimum Gasteiger partial charge on any atom is -0.327 e. The average molecular weight is 320 g/mol. The van der Waals surface area contributed by atoms with E-state index in [1.807, 2.05) is 0 Å². The van der Waals surface area contributed by atoms with Crippen molar-refractivity contribution in [1.29, 1.82) is 0 Å². The highest BCUT2D eigenvalue weighted by Gasteiger charge is 2.17. The topological polar surface area (TPSA) is 17.8 Å². The quantitative estimate of drug-likeness (QED) is 0.561. The molecule has 2 heteroatoms. The lowest BCUT2D eigenvalue weighted by Crippen LogP contribution is -2.08. The van der Waals surface area contributed by atoms with Gasteiger partial charge in [-0.1, -0.05) is 64.1 Å². The highest BCUT2D eigenvalue weighted by molar-refractivity contribution is 5.76. The van der Waals surface area contributed by atoms with Crippen molar-refractivity contribution in [2.24, 2.45) is 5.92 Å². The first-order chi connectivity index (χ1) is 11.6. The molecule has 1 atom stereocenters. The maximum Gasteiger partial charge on any atom is 0.117 e. The van der Waals surface area contributed by atoms with E-state index in [0.717, 1.165) is 24.9 Å². The normalized spacial score (nSPS) is 12.9. The summed E-state index contributed by atoms with van der Waals surface area (Å²) < 4.78 is 2.39. The molecule has 24 heavy (non-hydrogen) atoms. The van der Waals surface area contributed by atoms with Crippen LogP contribution in [0.4, 0.5) is 0 Å². The summed E-state index contributed by atoms with van der Waals surface area (Å²) in [5.41, 5.74) is 5.11. The fourth-order valence-electron chi connectivity index (χ4n) is 3.45. The Morgan fingerprint density at radius 1 is 0.958 bits per heavy atom. The molecule has 0 aliphatic rings. The number of para-hydroxylation sites is 2. The predicted octanol–water partition coefficient (Wildman–Crippen LogP) is 5.80. The molecule has 1 heterocycles. The molecule has 1 unspecified atom stereocenters. The fraction of sp³-hybridized carbons (Fsp3) is 0.409. The third kappa shape index (κ3) is 3.38. The van der Waals surface area contributed by atoms with Crippen molar-refractivity contribution in [2.75, 3.05) is 0 Å². The molecule has 0 fully saturated rings. The number of hydrogen-bond acceptors (Lipinski definition) is 1. The van der Waals surface area contributed by atoms with Crippen LogP contribution in [0, 0.1) is 5.92 Å². The molecule has 0 aliphatic carbocycles. The van der Waals surface area contributed by atoms with Crippen molar-refractivity contribution in [3.8, 4) is 0 Å². The third-order valence-electron chi connectivity index (χ3n) is 4.64. The Balaban J connectivity index is 1.95. The van der Waals surface area contributed by atoms with Gasteiger partial charge in [0.1, 0.15) is 5.82 Å². The van der Waals surface area contributed by atoms with E-state index in [1.54, 1.807) is 0 Å². The second-order valence-corrected chi connectivity index (χ2v) is 7.17. The number of imidazole rings is 1. The molecular formula is C22H28N2. The molecule has 0 saturated carbocycles. The van der Waals surface area contributed by atoms with E-state index < -0.39 is 0 Å². The van der Waals surface area contributed by atoms with Crippen LogP contribution in [0.2, 0.25) is 0 Å². The van der Waals surface area contributed by atoms with Gasteiger partial charge in [-0.2, -0.15) is 0 Å². The summed E-state index contributed by atoms with van der Waals surface area (Å²) in [6.07, 6.45) is 2.26. The van der Waals surface area contributed by atoms with Gasteiger partial charge in [0, 0.05) is 12.5 Å². The lowest BCUT2D eigenvalue weighted by atomic mass is 9.96. The Morgan fingerprint density at radius 3 is 2.33 bits per heavy atom. The summed E-state index contributed by atoms with van der Waals surface area (Å²) in [7, 11) is 0. The van der Waals surface area contributed by atoms with Gasteiger partial charge in [0.05, 0.1) is 11.0 Å². The summed E-state index contributed by atoms with van der Waals surface area (Å²) in [6.45, 7) is 10.0. The Hall–Kier alpha value is -2.09. The monoisotopic (exact) mass is 320 g/mol. The largest absolute Gasteiger partial charge is 0.327 e. The zero-order chi connectivity index (χ0) is 17.1. The molecule has 0 N–H and O–H groups in total. The molecule has 1 aromatic heterocycles. The van der Waals surface area contributed by atoms with E-state index in [2.05, 4.69) is 80.8 Å². The minimum atomic E-state index is 0.303. The predicted molar refractivity (Wildman–Crippen MR) is 103 cm³/mol. The highest BCUT2D eigenvalue weighted by Crippen LogP contribution is 2.28. The van der Waals surface area contributed by atoms with Crippen LogP contribution in [0.3, 0.4) is 0 Å². The number of aryl methyl sites for hydroxylation is 1. The maximum absolute atomic E-state index is 4.94. The number of nitrogens with zero attached hydrogens (tertiary/aromatic N) is 2. The number of aromatic nitrogens is 2. The Labute approximate surface area is 145 Å². The van der Waals surface area contributed by atoms with Crippen molar-refractivity contribution < 1.29 is 0 Å². The van der Waals surface area contributed by atoms with E-state index in [1.165, 1.54) is 22.5 Å². The van der Waals surface area contributed by atoms with Gasteiger partial charge in [0.2, 0.25) is 0 Å². The van der Waals surface area contributed by atoms with E-state index in [4.69, 9.17) is 4.98 Å². The van der Waals surface area contributed by atoms with Crippen molar-refractivity contribution in [2.45, 2.75) is 53.0 Å². The van der Waals surface area contributed by atoms with Crippen molar-refractivity contribution in [3.05, 3.63) is 65.5 Å². The molecule has 0 aliphatic heterocycles. The van der Waals surface area contributed by atoms with Crippen LogP contribution in [0.25, 0.3) is 11.0 Å². The highest BCUT2D eigenvalue weighted by atomic mass is 15.1. The zero-order valence-corrected chi connectivity index (χ0v) is 15.3. The van der Waals surface area contributed by atoms with Crippen LogP contribution in [0.1, 0.15) is 57.0 Å². The van der Waals surface area contributed by atoms with Gasteiger partial charge in [-0.15, -0.1) is 0 Å². The SMILES string of the molecule is CCCn1c(C(C)c2ccc(CC(C)C)cc2)nc2ccccc21. The van der Waals surface area contributed by atoms with Crippen LogP contribution in [0.5, 0.6) is 0 Å². The standard InChI is InChI=1S/C22H28N2/c1-5-14-24-21-9-7-6-8-20(21)23-22(24)17(4)19-12-10-18(11-13-19)15-16(2)3/h6-13,16-17H,5,14-15H2,1-4H3. The Bertz CT molecular complexity index is 796. The van der Waals surface area contributed by atoms with Gasteiger partial charge >= 0.3 is 0 Å². The van der Waals surface area contributed by atoms with Crippen LogP contribution in [-0.2, 0) is 13.0 Å². The van der Waals surface area contributed by atoms with Crippen LogP contribution < -0.4 is 0 Å². The summed E-state index contributed by atoms with van der Waals surface area (Å²) >= 11 is 0. The molecule has 126 valence electrons. The summed E-state index contributed by atoms with van der Waals surface area (Å²) in [5, 5.41) is 0. The van der Waals surface area contributed by atoms with E-state index >= 15 is 0 Å². The average Bonchev–Trinajstić information content (AvgIpc) is 2.94. The first kappa shape index (κ1) is 16.8. The number of hydrogen-bond donors (Lipinski definition) is 0. The molecular weight excluding hydrogens is 292 g/mol. The smallest absolute Gasteiger partial charge is 0.117 e. The summed E-state index contributed by atoms with van der Waals surface area (Å²) in [6, 6.07) is 17.6. The minimum absolute atomic E-state index is 0.303. The number of fused-ring (bicyclic) bond motifs is 1. The molecule has 3 rings (SSSR count). The van der Waals surface area contributed by atoms with Crippen LogP contribution >= 0.6 is 0 Å². The van der Waals surface area contributed by atoms with Gasteiger partial charge in [-0.05, 0) is 42.0 Å². The van der Waals surface area contributed by atoms with Crippen molar-refractivity contribution >= 4 is 11.0 Å². The Morgan fingerprint density at radius 2 is 1.67 bits per heavy atom. The third-order valence-corrected chi connectivity index (χ3v) is 4.64. The van der Waals surface area contributed by atoms with Gasteiger partial charge in [-0.25, -0.2) is 4.98 Å². The van der Waals surface area contributed by atoms with Crippen molar-refractivity contribution in [1.82, 2.24) is 9.55 Å². The van der Waals surface area contributed by atoms with Crippen molar-refractivity contribution in [3.63, 3.8) is 0 Å².